The second kappa shape index (κ2) is 13.1. The van der Waals surface area contributed by atoms with Gasteiger partial charge in [0.1, 0.15) is 29.4 Å². The maximum Gasteiger partial charge on any atom is 0.352 e. The number of nitrogens with two attached hydrogens (primary N) is 1. The molecule has 0 bridgehead atoms. The first kappa shape index (κ1) is 31.0. The fraction of sp³-hybridized carbons (Fsp3) is 0.179. The van der Waals surface area contributed by atoms with Gasteiger partial charge in [0, 0.05) is 28.8 Å². The number of fused-ring (bicyclic) bond motifs is 1. The van der Waals surface area contributed by atoms with E-state index >= 15 is 0 Å². The standard InChI is InChI=1S/C28H24N6O9S2/c29-28-30-17(13-45-28)20(32-43-11-15-9-18(35)19(36)10-16(15)26(39)40)23(37)31-21-24(38)34-22(27(41)42)14(12-44-25(21)34)5-4-8-33-6-2-1-3-7-33/h1-7,9-10,13,21,25H,8,11-12H2,(H6-,29,30,31,32,35,36,37,39,40,41,42)/p+1/t21?,25-/m0/s1. The largest absolute Gasteiger partial charge is 0.504 e. The van der Waals surface area contributed by atoms with Crippen molar-refractivity contribution in [2.24, 2.45) is 5.16 Å². The second-order valence-electron chi connectivity index (χ2n) is 9.60. The lowest BCUT2D eigenvalue weighted by Crippen LogP contribution is -2.71. The third-order valence-corrected chi connectivity index (χ3v) is 8.66. The van der Waals surface area contributed by atoms with E-state index in [1.54, 1.807) is 12.2 Å². The number of amides is 2. The Morgan fingerprint density at radius 3 is 2.56 bits per heavy atom. The van der Waals surface area contributed by atoms with Gasteiger partial charge in [-0.25, -0.2) is 19.1 Å². The SMILES string of the molecule is Nc1nc(C(=NOCc2cc(O)c(O)cc2C(=O)O)C(=O)NC2C(=O)N3C(C(=O)O)=C(C=CC[n+]4ccccc4)CS[C@@H]23)cs1. The molecule has 0 aliphatic carbocycles. The van der Waals surface area contributed by atoms with Crippen LogP contribution in [0.5, 0.6) is 11.5 Å². The van der Waals surface area contributed by atoms with Crippen molar-refractivity contribution in [3.05, 3.63) is 88.3 Å². The molecule has 5 rings (SSSR count). The lowest BCUT2D eigenvalue weighted by molar-refractivity contribution is -0.687. The van der Waals surface area contributed by atoms with Crippen LogP contribution in [-0.4, -0.2) is 76.9 Å². The lowest BCUT2D eigenvalue weighted by Gasteiger charge is -2.49. The summed E-state index contributed by atoms with van der Waals surface area (Å²) in [4.78, 5) is 60.7. The minimum atomic E-state index is -1.40. The first-order chi connectivity index (χ1) is 21.5. The molecular formula is C28H25N6O9S2+. The van der Waals surface area contributed by atoms with Crippen LogP contribution in [-0.2, 0) is 32.4 Å². The number of anilines is 1. The van der Waals surface area contributed by atoms with Crippen LogP contribution in [0.2, 0.25) is 0 Å². The predicted octanol–water partition coefficient (Wildman–Crippen LogP) is 1.04. The van der Waals surface area contributed by atoms with E-state index in [1.807, 2.05) is 35.2 Å². The number of allylic oxidation sites excluding steroid dienone is 2. The summed E-state index contributed by atoms with van der Waals surface area (Å²) in [6, 6.07) is 6.35. The monoisotopic (exact) mass is 653 g/mol. The molecule has 232 valence electrons. The smallest absolute Gasteiger partial charge is 0.352 e. The highest BCUT2D eigenvalue weighted by molar-refractivity contribution is 8.00. The maximum atomic E-state index is 13.4. The molecule has 17 heteroatoms. The molecule has 0 saturated carbocycles. The number of carboxylic acid groups (broad SMARTS) is 2. The van der Waals surface area contributed by atoms with Gasteiger partial charge in [0.15, 0.2) is 41.3 Å². The van der Waals surface area contributed by atoms with Crippen LogP contribution in [0.1, 0.15) is 21.6 Å². The minimum absolute atomic E-state index is 0.0109. The van der Waals surface area contributed by atoms with Gasteiger partial charge in [0.2, 0.25) is 0 Å². The van der Waals surface area contributed by atoms with Gasteiger partial charge in [-0.15, -0.1) is 23.1 Å². The number of oxime groups is 1. The molecule has 4 heterocycles. The van der Waals surface area contributed by atoms with E-state index in [-0.39, 0.29) is 39.1 Å². The number of rotatable bonds is 11. The highest BCUT2D eigenvalue weighted by Gasteiger charge is 2.54. The number of nitrogen functional groups attached to an aromatic ring is 1. The second-order valence-corrected chi connectivity index (χ2v) is 11.6. The fourth-order valence-corrected chi connectivity index (χ4v) is 6.43. The van der Waals surface area contributed by atoms with Crippen molar-refractivity contribution in [1.29, 1.82) is 0 Å². The number of phenols is 2. The summed E-state index contributed by atoms with van der Waals surface area (Å²) in [5.74, 6) is -5.15. The first-order valence-corrected chi connectivity index (χ1v) is 15.0. The number of phenolic OH excluding ortho intramolecular Hbond substituents is 2. The summed E-state index contributed by atoms with van der Waals surface area (Å²) in [6.07, 6.45) is 7.19. The van der Waals surface area contributed by atoms with E-state index in [0.29, 0.717) is 12.1 Å². The van der Waals surface area contributed by atoms with Crippen molar-refractivity contribution >= 4 is 57.7 Å². The van der Waals surface area contributed by atoms with E-state index in [4.69, 9.17) is 10.6 Å². The molecule has 45 heavy (non-hydrogen) atoms. The van der Waals surface area contributed by atoms with Crippen LogP contribution in [0.3, 0.4) is 0 Å². The van der Waals surface area contributed by atoms with Gasteiger partial charge in [-0.05, 0) is 23.8 Å². The fourth-order valence-electron chi connectivity index (χ4n) is 4.56. The summed E-state index contributed by atoms with van der Waals surface area (Å²) < 4.78 is 1.90. The normalized spacial score (nSPS) is 18.0. The maximum absolute atomic E-state index is 13.4. The van der Waals surface area contributed by atoms with Gasteiger partial charge in [-0.2, -0.15) is 0 Å². The third-order valence-electron chi connectivity index (χ3n) is 6.69. The van der Waals surface area contributed by atoms with E-state index in [2.05, 4.69) is 15.5 Å². The zero-order valence-electron chi connectivity index (χ0n) is 23.1. The van der Waals surface area contributed by atoms with Crippen LogP contribution in [0.15, 0.2) is 76.7 Å². The number of β-lactam (4-membered cyclic amide) rings is 1. The number of hydrogen-bond acceptors (Lipinski definition) is 12. The quantitative estimate of drug-likeness (QED) is 0.0561. The average molecular weight is 654 g/mol. The van der Waals surface area contributed by atoms with Crippen molar-refractivity contribution in [2.75, 3.05) is 11.5 Å². The Kier molecular flexibility index (Phi) is 9.01. The molecule has 2 atom stereocenters. The molecule has 2 aliphatic heterocycles. The van der Waals surface area contributed by atoms with Crippen molar-refractivity contribution in [2.45, 2.75) is 24.6 Å². The Morgan fingerprint density at radius 2 is 1.89 bits per heavy atom. The Labute approximate surface area is 262 Å². The van der Waals surface area contributed by atoms with Crippen LogP contribution in [0.4, 0.5) is 5.13 Å². The highest BCUT2D eigenvalue weighted by atomic mass is 32.2. The van der Waals surface area contributed by atoms with Gasteiger partial charge < -0.3 is 36.3 Å². The molecule has 0 radical (unpaired) electrons. The number of benzene rings is 1. The van der Waals surface area contributed by atoms with Crippen LogP contribution in [0.25, 0.3) is 0 Å². The lowest BCUT2D eigenvalue weighted by atomic mass is 10.0. The number of aliphatic carboxylic acids is 1. The molecule has 7 N–H and O–H groups in total. The summed E-state index contributed by atoms with van der Waals surface area (Å²) in [5, 5.41) is 46.0. The number of hydrogen-bond donors (Lipinski definition) is 6. The number of nitrogens with zero attached hydrogens (tertiary/aromatic N) is 4. The highest BCUT2D eigenvalue weighted by Crippen LogP contribution is 2.40. The number of carboxylic acids is 2. The molecule has 0 spiro atoms. The van der Waals surface area contributed by atoms with Crippen molar-refractivity contribution in [1.82, 2.24) is 15.2 Å². The third kappa shape index (κ3) is 6.58. The van der Waals surface area contributed by atoms with Gasteiger partial charge >= 0.3 is 11.9 Å². The Morgan fingerprint density at radius 1 is 1.16 bits per heavy atom. The van der Waals surface area contributed by atoms with Crippen LogP contribution < -0.4 is 15.6 Å². The number of aromatic carboxylic acids is 1. The summed E-state index contributed by atoms with van der Waals surface area (Å²) in [6.45, 7) is -0.0267. The van der Waals surface area contributed by atoms with Gasteiger partial charge in [0.25, 0.3) is 11.8 Å². The molecule has 1 saturated heterocycles. The first-order valence-electron chi connectivity index (χ1n) is 13.1. The molecule has 2 amide bonds. The Bertz CT molecular complexity index is 1770. The molecular weight excluding hydrogens is 628 g/mol. The minimum Gasteiger partial charge on any atom is -0.504 e. The zero-order chi connectivity index (χ0) is 32.2. The van der Waals surface area contributed by atoms with Gasteiger partial charge in [0.05, 0.1) is 5.56 Å². The molecule has 1 aromatic carbocycles. The number of thiazole rings is 1. The molecule has 15 nitrogen and oxygen atoms in total. The summed E-state index contributed by atoms with van der Waals surface area (Å²) in [7, 11) is 0. The number of aromatic nitrogens is 2. The van der Waals surface area contributed by atoms with Crippen LogP contribution in [0, 0.1) is 0 Å². The van der Waals surface area contributed by atoms with Gasteiger partial charge in [-0.3, -0.25) is 14.5 Å². The molecule has 2 aromatic heterocycles. The number of pyridine rings is 1. The average Bonchev–Trinajstić information content (AvgIpc) is 3.44. The summed E-state index contributed by atoms with van der Waals surface area (Å²) in [5.41, 5.74) is 5.22. The number of carbonyl (C=O) groups excluding carboxylic acids is 2. The molecule has 3 aromatic rings. The van der Waals surface area contributed by atoms with E-state index in [1.165, 1.54) is 17.1 Å². The number of aromatic hydroxyl groups is 2. The van der Waals surface area contributed by atoms with E-state index in [0.717, 1.165) is 28.4 Å². The molecule has 1 fully saturated rings. The topological polar surface area (TPSA) is 229 Å². The predicted molar refractivity (Wildman–Crippen MR) is 160 cm³/mol. The Hall–Kier alpha value is -5.42. The molecule has 1 unspecified atom stereocenters. The van der Waals surface area contributed by atoms with Crippen molar-refractivity contribution in [3.8, 4) is 11.5 Å². The number of nitrogens with one attached hydrogen (secondary N) is 1. The van der Waals surface area contributed by atoms with E-state index < -0.39 is 53.3 Å². The molecule has 2 aliphatic rings. The van der Waals surface area contributed by atoms with E-state index in [9.17, 15) is 39.6 Å². The van der Waals surface area contributed by atoms with Crippen molar-refractivity contribution in [3.63, 3.8) is 0 Å². The number of carbonyl (C=O) groups is 4. The number of thioether (sulfide) groups is 1. The van der Waals surface area contributed by atoms with Gasteiger partial charge in [-0.1, -0.05) is 17.3 Å². The van der Waals surface area contributed by atoms with Crippen LogP contribution >= 0.6 is 23.1 Å². The van der Waals surface area contributed by atoms with Crippen molar-refractivity contribution < 1.29 is 49.0 Å². The summed E-state index contributed by atoms with van der Waals surface area (Å²) >= 11 is 2.29. The zero-order valence-corrected chi connectivity index (χ0v) is 24.7. The Balaban J connectivity index is 1.32.